The van der Waals surface area contributed by atoms with Gasteiger partial charge < -0.3 is 10.6 Å². The summed E-state index contributed by atoms with van der Waals surface area (Å²) in [5.41, 5.74) is 0.534. The van der Waals surface area contributed by atoms with Crippen molar-refractivity contribution in [1.82, 2.24) is 40.3 Å². The first-order valence-electron chi connectivity index (χ1n) is 12.9. The van der Waals surface area contributed by atoms with Crippen LogP contribution in [0.25, 0.3) is 5.82 Å². The molecule has 0 aliphatic carbocycles. The first-order chi connectivity index (χ1) is 20.7. The number of hydrogen-bond donors (Lipinski definition) is 2. The van der Waals surface area contributed by atoms with Crippen molar-refractivity contribution < 1.29 is 31.2 Å². The SMILES string of the molecule is Cc1cc(Cl)cc(C(=O)NC2CCS(=O)(=O)CC2)c1NC(=O)c1cc(Cn2nnc(C(F)(F)F)n2)nn1-c1ncccc1Cl. The maximum Gasteiger partial charge on any atom is 0.455 e. The van der Waals surface area contributed by atoms with Crippen LogP contribution < -0.4 is 10.6 Å². The van der Waals surface area contributed by atoms with Crippen LogP contribution in [0, 0.1) is 6.92 Å². The van der Waals surface area contributed by atoms with E-state index in [4.69, 9.17) is 23.2 Å². The molecular formula is C25H22Cl2F3N9O4S. The highest BCUT2D eigenvalue weighted by molar-refractivity contribution is 7.91. The molecule has 1 aliphatic rings. The number of amides is 2. The molecule has 1 fully saturated rings. The zero-order valence-corrected chi connectivity index (χ0v) is 25.0. The molecule has 0 radical (unpaired) electrons. The number of carbonyl (C=O) groups excluding carboxylic acids is 2. The Hall–Kier alpha value is -4.09. The Kier molecular flexibility index (Phi) is 8.64. The fraction of sp³-hybridized carbons (Fsp3) is 0.320. The molecule has 0 saturated carbocycles. The van der Waals surface area contributed by atoms with Gasteiger partial charge in [0.05, 0.1) is 33.5 Å². The first kappa shape index (κ1) is 31.3. The van der Waals surface area contributed by atoms with E-state index in [1.165, 1.54) is 30.5 Å². The molecule has 0 atom stereocenters. The number of tetrazole rings is 1. The van der Waals surface area contributed by atoms with Crippen molar-refractivity contribution >= 4 is 50.5 Å². The van der Waals surface area contributed by atoms with E-state index in [1.807, 2.05) is 0 Å². The fourth-order valence-corrected chi connectivity index (χ4v) is 6.46. The highest BCUT2D eigenvalue weighted by Crippen LogP contribution is 2.28. The average molecular weight is 672 g/mol. The van der Waals surface area contributed by atoms with Crippen molar-refractivity contribution in [2.45, 2.75) is 38.5 Å². The summed E-state index contributed by atoms with van der Waals surface area (Å²) >= 11 is 12.5. The summed E-state index contributed by atoms with van der Waals surface area (Å²) in [7, 11) is -3.15. The van der Waals surface area contributed by atoms with Crippen LogP contribution in [0.3, 0.4) is 0 Å². The number of pyridine rings is 1. The second-order valence-electron chi connectivity index (χ2n) is 9.88. The van der Waals surface area contributed by atoms with Crippen molar-refractivity contribution in [2.75, 3.05) is 16.8 Å². The van der Waals surface area contributed by atoms with Gasteiger partial charge in [0.15, 0.2) is 5.82 Å². The summed E-state index contributed by atoms with van der Waals surface area (Å²) < 4.78 is 63.6. The molecular weight excluding hydrogens is 650 g/mol. The Labute approximate surface area is 257 Å². The van der Waals surface area contributed by atoms with E-state index in [0.29, 0.717) is 10.4 Å². The van der Waals surface area contributed by atoms with Gasteiger partial charge >= 0.3 is 6.18 Å². The molecule has 13 nitrogen and oxygen atoms in total. The van der Waals surface area contributed by atoms with Gasteiger partial charge in [0.25, 0.3) is 17.6 Å². The normalized spacial score (nSPS) is 15.2. The highest BCUT2D eigenvalue weighted by atomic mass is 35.5. The Morgan fingerprint density at radius 2 is 1.82 bits per heavy atom. The minimum absolute atomic E-state index is 0.0328. The number of carbonyl (C=O) groups is 2. The maximum atomic E-state index is 13.7. The molecule has 2 N–H and O–H groups in total. The van der Waals surface area contributed by atoms with Crippen LogP contribution in [0.2, 0.25) is 10.0 Å². The standard InChI is InChI=1S/C25H22Cl2F3N9O4S/c1-13-9-14(26)10-17(22(40)32-15-4-7-44(42,43)8-5-15)20(13)33-23(41)19-11-16(12-38-36-24(34-37-38)25(28,29)30)35-39(19)21-18(27)3-2-6-31-21/h2-3,6,9-11,15H,4-5,7-8,12H2,1H3,(H,32,40)(H,33,41). The number of nitrogens with zero attached hydrogens (tertiary/aromatic N) is 7. The van der Waals surface area contributed by atoms with Crippen LogP contribution in [0.5, 0.6) is 0 Å². The molecule has 232 valence electrons. The molecule has 5 rings (SSSR count). The number of halogens is 5. The number of rotatable bonds is 7. The van der Waals surface area contributed by atoms with Crippen LogP contribution >= 0.6 is 23.2 Å². The van der Waals surface area contributed by atoms with E-state index in [2.05, 4.69) is 36.1 Å². The fourth-order valence-electron chi connectivity index (χ4n) is 4.50. The van der Waals surface area contributed by atoms with Gasteiger partial charge in [0, 0.05) is 17.3 Å². The van der Waals surface area contributed by atoms with Crippen LogP contribution in [0.15, 0.2) is 36.5 Å². The van der Waals surface area contributed by atoms with Gasteiger partial charge in [-0.2, -0.15) is 23.1 Å². The van der Waals surface area contributed by atoms with E-state index in [-0.39, 0.29) is 69.4 Å². The number of aromatic nitrogens is 7. The van der Waals surface area contributed by atoms with Gasteiger partial charge in [-0.05, 0) is 60.9 Å². The van der Waals surface area contributed by atoms with Gasteiger partial charge in [-0.1, -0.05) is 23.2 Å². The lowest BCUT2D eigenvalue weighted by molar-refractivity contribution is -0.145. The van der Waals surface area contributed by atoms with Crippen LogP contribution in [0.4, 0.5) is 18.9 Å². The second kappa shape index (κ2) is 12.1. The van der Waals surface area contributed by atoms with Gasteiger partial charge in [-0.25, -0.2) is 18.1 Å². The van der Waals surface area contributed by atoms with Gasteiger partial charge in [-0.3, -0.25) is 9.59 Å². The molecule has 1 aromatic carbocycles. The maximum absolute atomic E-state index is 13.7. The summed E-state index contributed by atoms with van der Waals surface area (Å²) in [4.78, 5) is 31.9. The predicted octanol–water partition coefficient (Wildman–Crippen LogP) is 3.50. The number of alkyl halides is 3. The molecule has 1 saturated heterocycles. The third-order valence-corrected chi connectivity index (χ3v) is 8.84. The van der Waals surface area contributed by atoms with Crippen molar-refractivity contribution in [2.24, 2.45) is 0 Å². The van der Waals surface area contributed by atoms with E-state index >= 15 is 0 Å². The molecule has 2 amide bonds. The van der Waals surface area contributed by atoms with E-state index in [0.717, 1.165) is 4.68 Å². The largest absolute Gasteiger partial charge is 0.455 e. The number of anilines is 1. The third-order valence-electron chi connectivity index (χ3n) is 6.62. The Morgan fingerprint density at radius 1 is 1.09 bits per heavy atom. The molecule has 4 heterocycles. The molecule has 19 heteroatoms. The summed E-state index contributed by atoms with van der Waals surface area (Å²) in [5.74, 6) is -2.85. The quantitative estimate of drug-likeness (QED) is 0.299. The van der Waals surface area contributed by atoms with Crippen LogP contribution in [-0.2, 0) is 22.6 Å². The number of hydrogen-bond acceptors (Lipinski definition) is 9. The number of aryl methyl sites for hydroxylation is 1. The lowest BCUT2D eigenvalue weighted by Gasteiger charge is -2.24. The average Bonchev–Trinajstić information content (AvgIpc) is 3.59. The molecule has 3 aromatic heterocycles. The minimum atomic E-state index is -4.81. The Morgan fingerprint density at radius 3 is 2.48 bits per heavy atom. The van der Waals surface area contributed by atoms with Crippen LogP contribution in [-0.4, -0.2) is 72.8 Å². The zero-order chi connectivity index (χ0) is 31.8. The molecule has 4 aromatic rings. The van der Waals surface area contributed by atoms with Crippen molar-refractivity contribution in [1.29, 1.82) is 0 Å². The highest BCUT2D eigenvalue weighted by Gasteiger charge is 2.37. The molecule has 0 spiro atoms. The third kappa shape index (κ3) is 7.00. The zero-order valence-electron chi connectivity index (χ0n) is 22.6. The van der Waals surface area contributed by atoms with Crippen molar-refractivity contribution in [3.8, 4) is 5.82 Å². The monoisotopic (exact) mass is 671 g/mol. The van der Waals surface area contributed by atoms with Gasteiger partial charge in [0.1, 0.15) is 22.1 Å². The van der Waals surface area contributed by atoms with Crippen molar-refractivity contribution in [3.63, 3.8) is 0 Å². The smallest absolute Gasteiger partial charge is 0.349 e. The van der Waals surface area contributed by atoms with Crippen LogP contribution in [0.1, 0.15) is 50.8 Å². The summed E-state index contributed by atoms with van der Waals surface area (Å²) in [6.45, 7) is 1.24. The minimum Gasteiger partial charge on any atom is -0.349 e. The van der Waals surface area contributed by atoms with E-state index in [1.54, 1.807) is 13.0 Å². The van der Waals surface area contributed by atoms with E-state index < -0.39 is 39.7 Å². The van der Waals surface area contributed by atoms with Gasteiger partial charge in [-0.15, -0.1) is 10.2 Å². The van der Waals surface area contributed by atoms with Crippen molar-refractivity contribution in [3.05, 3.63) is 74.9 Å². The Balaban J connectivity index is 1.46. The number of benzene rings is 1. The molecule has 44 heavy (non-hydrogen) atoms. The topological polar surface area (TPSA) is 167 Å². The Bertz CT molecular complexity index is 1850. The predicted molar refractivity (Wildman–Crippen MR) is 152 cm³/mol. The number of sulfone groups is 1. The molecule has 0 unspecified atom stereocenters. The molecule has 0 bridgehead atoms. The summed E-state index contributed by atoms with van der Waals surface area (Å²) in [5, 5.41) is 19.9. The lowest BCUT2D eigenvalue weighted by Crippen LogP contribution is -2.41. The molecule has 1 aliphatic heterocycles. The van der Waals surface area contributed by atoms with E-state index in [9.17, 15) is 31.2 Å². The summed E-state index contributed by atoms with van der Waals surface area (Å²) in [6.07, 6.45) is -2.92. The second-order valence-corrected chi connectivity index (χ2v) is 13.0. The van der Waals surface area contributed by atoms with Gasteiger partial charge in [0.2, 0.25) is 0 Å². The number of nitrogens with one attached hydrogen (secondary N) is 2. The lowest BCUT2D eigenvalue weighted by atomic mass is 10.1. The first-order valence-corrected chi connectivity index (χ1v) is 15.5. The summed E-state index contributed by atoms with van der Waals surface area (Å²) in [6, 6.07) is 6.85.